The van der Waals surface area contributed by atoms with Crippen LogP contribution in [0.5, 0.6) is 17.2 Å². The van der Waals surface area contributed by atoms with E-state index in [4.69, 9.17) is 9.47 Å². The standard InChI is InChI=1S/C47H60N2O10S2/c1-28(53)25-49-40-21-31(6-5-19-51)38(20-33(40)26-52)47(48-17-3-4-18-50)59-43-24-35(55)13-8-30-10-15-41(56)46(58-2)45(30)36-14-9-29-7-12-34(54)23-37(29)39(36)27-60-61-44-16-11-32(43)22-42(44)57/h7,9-10,12,14-15,20-21,23,32,42-44,47-52,54,56-57H,3-6,8,11,13,16-19,22,24-27H2,1-2H3/t32-,42+,43+,44+,47+/m1/s1. The largest absolute Gasteiger partial charge is 0.508 e. The molecule has 3 aliphatic rings. The number of benzene rings is 4. The van der Waals surface area contributed by atoms with Crippen molar-refractivity contribution in [1.29, 1.82) is 0 Å². The Morgan fingerprint density at radius 2 is 1.75 bits per heavy atom. The summed E-state index contributed by atoms with van der Waals surface area (Å²) < 4.78 is 12.9. The number of aromatic hydroxyl groups is 2. The van der Waals surface area contributed by atoms with Gasteiger partial charge in [-0.3, -0.25) is 14.9 Å². The third kappa shape index (κ3) is 11.8. The fraction of sp³-hybridized carbons (Fsp3) is 0.489. The van der Waals surface area contributed by atoms with E-state index >= 15 is 0 Å². The second kappa shape index (κ2) is 22.5. The summed E-state index contributed by atoms with van der Waals surface area (Å²) in [6.07, 6.45) is 2.69. The molecule has 14 heteroatoms. The zero-order valence-electron chi connectivity index (χ0n) is 35.0. The Morgan fingerprint density at radius 3 is 2.49 bits per heavy atom. The predicted octanol–water partition coefficient (Wildman–Crippen LogP) is 7.11. The van der Waals surface area contributed by atoms with E-state index in [1.807, 2.05) is 36.4 Å². The molecule has 61 heavy (non-hydrogen) atoms. The molecule has 2 bridgehead atoms. The van der Waals surface area contributed by atoms with Crippen LogP contribution in [0, 0.1) is 5.92 Å². The van der Waals surface area contributed by atoms with Gasteiger partial charge in [0, 0.05) is 53.9 Å². The van der Waals surface area contributed by atoms with Gasteiger partial charge in [0.15, 0.2) is 11.5 Å². The number of aryl methyl sites for hydroxylation is 2. The first kappa shape index (κ1) is 46.6. The van der Waals surface area contributed by atoms with Gasteiger partial charge in [0.05, 0.1) is 32.5 Å². The molecule has 330 valence electrons. The Bertz CT molecular complexity index is 2130. The Hall–Kier alpha value is -3.86. The molecule has 1 fully saturated rings. The average Bonchev–Trinajstić information content (AvgIpc) is 3.25. The van der Waals surface area contributed by atoms with E-state index in [0.29, 0.717) is 79.8 Å². The SMILES string of the molecule is COc1c(O)ccc2c1-c1ccc3ccc(O)cc3c1CSS[C@H]1CC[C@H](C[C@@H]1O)[C@@H](O[C@H](NCCCCO)c1cc(CO)c(NCC(C)=O)cc1CCCO)CC(=O)CC2. The Kier molecular flexibility index (Phi) is 17.2. The van der Waals surface area contributed by atoms with Crippen LogP contribution in [0.25, 0.3) is 21.9 Å². The van der Waals surface area contributed by atoms with Crippen molar-refractivity contribution in [3.8, 4) is 28.4 Å². The van der Waals surface area contributed by atoms with E-state index in [2.05, 4.69) is 10.6 Å². The molecule has 1 aliphatic carbocycles. The third-order valence-corrected chi connectivity index (χ3v) is 14.6. The van der Waals surface area contributed by atoms with Crippen molar-refractivity contribution in [3.63, 3.8) is 0 Å². The molecule has 7 rings (SSSR count). The highest BCUT2D eigenvalue weighted by atomic mass is 33.1. The number of nitrogens with one attached hydrogen (secondary N) is 2. The van der Waals surface area contributed by atoms with Gasteiger partial charge in [-0.2, -0.15) is 0 Å². The molecular formula is C47H60N2O10S2. The van der Waals surface area contributed by atoms with Crippen molar-refractivity contribution in [1.82, 2.24) is 5.32 Å². The number of rotatable bonds is 16. The van der Waals surface area contributed by atoms with Crippen LogP contribution in [-0.2, 0) is 39.5 Å². The van der Waals surface area contributed by atoms with Crippen molar-refractivity contribution in [2.24, 2.45) is 5.92 Å². The van der Waals surface area contributed by atoms with E-state index in [1.165, 1.54) is 14.0 Å². The predicted molar refractivity (Wildman–Crippen MR) is 242 cm³/mol. The number of Topliss-reactive ketones (excluding diaryl/α,β-unsaturated/α-hetero) is 2. The summed E-state index contributed by atoms with van der Waals surface area (Å²) in [5, 5.41) is 71.7. The van der Waals surface area contributed by atoms with Crippen LogP contribution in [0.3, 0.4) is 0 Å². The number of phenolic OH excluding ortho intramolecular Hbond substituents is 2. The lowest BCUT2D eigenvalue weighted by molar-refractivity contribution is -0.128. The lowest BCUT2D eigenvalue weighted by Gasteiger charge is -2.38. The van der Waals surface area contributed by atoms with Gasteiger partial charge in [-0.1, -0.05) is 45.9 Å². The van der Waals surface area contributed by atoms with Gasteiger partial charge in [-0.15, -0.1) is 0 Å². The van der Waals surface area contributed by atoms with E-state index < -0.39 is 18.4 Å². The van der Waals surface area contributed by atoms with E-state index in [-0.39, 0.29) is 73.4 Å². The van der Waals surface area contributed by atoms with Gasteiger partial charge in [0.2, 0.25) is 0 Å². The lowest BCUT2D eigenvalue weighted by atomic mass is 9.81. The Labute approximate surface area is 365 Å². The van der Waals surface area contributed by atoms with Gasteiger partial charge in [0.1, 0.15) is 23.5 Å². The van der Waals surface area contributed by atoms with Crippen LogP contribution in [0.2, 0.25) is 0 Å². The van der Waals surface area contributed by atoms with Crippen molar-refractivity contribution in [2.45, 2.75) is 107 Å². The van der Waals surface area contributed by atoms with Crippen molar-refractivity contribution >= 4 is 49.6 Å². The minimum atomic E-state index is -0.735. The summed E-state index contributed by atoms with van der Waals surface area (Å²) in [5.74, 6) is 0.718. The molecule has 4 aromatic carbocycles. The summed E-state index contributed by atoms with van der Waals surface area (Å²) in [7, 11) is 4.79. The van der Waals surface area contributed by atoms with Crippen molar-refractivity contribution in [3.05, 3.63) is 82.4 Å². The molecule has 0 spiro atoms. The topological polar surface area (TPSA) is 198 Å². The highest BCUT2D eigenvalue weighted by molar-refractivity contribution is 8.76. The molecule has 0 radical (unpaired) electrons. The monoisotopic (exact) mass is 876 g/mol. The third-order valence-electron chi connectivity index (χ3n) is 11.8. The first-order valence-electron chi connectivity index (χ1n) is 21.3. The number of hydrogen-bond donors (Lipinski definition) is 8. The summed E-state index contributed by atoms with van der Waals surface area (Å²) >= 11 is 0. The fourth-order valence-electron chi connectivity index (χ4n) is 8.62. The maximum absolute atomic E-state index is 14.3. The molecule has 0 aromatic heterocycles. The van der Waals surface area contributed by atoms with Crippen LogP contribution in [0.1, 0.15) is 92.3 Å². The van der Waals surface area contributed by atoms with Crippen LogP contribution in [-0.4, -0.2) is 93.1 Å². The van der Waals surface area contributed by atoms with Gasteiger partial charge < -0.3 is 45.4 Å². The number of phenols is 2. The van der Waals surface area contributed by atoms with Crippen molar-refractivity contribution < 1.29 is 49.7 Å². The second-order valence-corrected chi connectivity index (χ2v) is 18.7. The number of ketones is 2. The van der Waals surface area contributed by atoms with Crippen LogP contribution >= 0.6 is 21.6 Å². The molecule has 2 aliphatic heterocycles. The number of aliphatic hydroxyl groups is 4. The normalized spacial score (nSPS) is 20.3. The number of aliphatic hydroxyl groups excluding tert-OH is 4. The van der Waals surface area contributed by atoms with Crippen LogP contribution in [0.4, 0.5) is 5.69 Å². The summed E-state index contributed by atoms with van der Waals surface area (Å²) in [6.45, 7) is 1.76. The highest BCUT2D eigenvalue weighted by Crippen LogP contribution is 2.48. The quantitative estimate of drug-likeness (QED) is 0.0322. The molecule has 8 N–H and O–H groups in total. The number of hydrogen-bond acceptors (Lipinski definition) is 14. The van der Waals surface area contributed by atoms with E-state index in [1.54, 1.807) is 39.8 Å². The van der Waals surface area contributed by atoms with Crippen LogP contribution in [0.15, 0.2) is 54.6 Å². The van der Waals surface area contributed by atoms with E-state index in [0.717, 1.165) is 45.0 Å². The number of unbranched alkanes of at least 4 members (excludes halogenated alkanes) is 1. The van der Waals surface area contributed by atoms with Gasteiger partial charge in [0.25, 0.3) is 0 Å². The minimum Gasteiger partial charge on any atom is -0.508 e. The Morgan fingerprint density at radius 1 is 0.951 bits per heavy atom. The number of fused-ring (bicyclic) bond motifs is 9. The molecule has 0 unspecified atom stereocenters. The lowest BCUT2D eigenvalue weighted by Crippen LogP contribution is -2.40. The fourth-order valence-corrected chi connectivity index (χ4v) is 11.5. The molecule has 0 saturated heterocycles. The minimum absolute atomic E-state index is 0.0252. The molecule has 5 atom stereocenters. The Balaban J connectivity index is 1.39. The second-order valence-electron chi connectivity index (χ2n) is 16.1. The molecule has 12 nitrogen and oxygen atoms in total. The number of carbonyl (C=O) groups excluding carboxylic acids is 2. The molecular weight excluding hydrogens is 817 g/mol. The summed E-state index contributed by atoms with van der Waals surface area (Å²) in [6, 6.07) is 16.5. The number of anilines is 1. The molecule has 1 saturated carbocycles. The first-order chi connectivity index (χ1) is 29.5. The number of ether oxygens (including phenoxy) is 2. The molecule has 2 heterocycles. The maximum Gasteiger partial charge on any atom is 0.168 e. The smallest absolute Gasteiger partial charge is 0.168 e. The zero-order chi connectivity index (χ0) is 43.5. The first-order valence-corrected chi connectivity index (χ1v) is 23.7. The number of carbonyl (C=O) groups is 2. The summed E-state index contributed by atoms with van der Waals surface area (Å²) in [4.78, 5) is 26.2. The van der Waals surface area contributed by atoms with Crippen molar-refractivity contribution in [2.75, 3.05) is 38.7 Å². The molecule has 0 amide bonds. The highest BCUT2D eigenvalue weighted by Gasteiger charge is 2.37. The van der Waals surface area contributed by atoms with E-state index in [9.17, 15) is 40.2 Å². The zero-order valence-corrected chi connectivity index (χ0v) is 36.7. The number of methoxy groups -OCH3 is 1. The average molecular weight is 877 g/mol. The van der Waals surface area contributed by atoms with Crippen LogP contribution < -0.4 is 15.4 Å². The maximum atomic E-state index is 14.3. The van der Waals surface area contributed by atoms with Gasteiger partial charge >= 0.3 is 0 Å². The van der Waals surface area contributed by atoms with Gasteiger partial charge in [-0.25, -0.2) is 0 Å². The summed E-state index contributed by atoms with van der Waals surface area (Å²) in [5.41, 5.74) is 6.08. The van der Waals surface area contributed by atoms with Gasteiger partial charge in [-0.05, 0) is 140 Å². The molecule has 4 aromatic rings.